The van der Waals surface area contributed by atoms with Crippen LogP contribution in [0.3, 0.4) is 0 Å². The monoisotopic (exact) mass is 326 g/mol. The average Bonchev–Trinajstić information content (AvgIpc) is 2.61. The lowest BCUT2D eigenvalue weighted by Crippen LogP contribution is -2.44. The van der Waals surface area contributed by atoms with E-state index in [4.69, 9.17) is 14.2 Å². The van der Waals surface area contributed by atoms with E-state index in [1.807, 2.05) is 48.5 Å². The Hall–Kier alpha value is -2.33. The summed E-state index contributed by atoms with van der Waals surface area (Å²) >= 11 is 0. The highest BCUT2D eigenvalue weighted by atomic mass is 16.5. The predicted octanol–water partition coefficient (Wildman–Crippen LogP) is 4.07. The lowest BCUT2D eigenvalue weighted by molar-refractivity contribution is -0.151. The molecule has 0 amide bonds. The van der Waals surface area contributed by atoms with E-state index in [9.17, 15) is 4.79 Å². The molecular weight excluding hydrogens is 304 g/mol. The molecule has 0 fully saturated rings. The minimum absolute atomic E-state index is 0.204. The predicted molar refractivity (Wildman–Crippen MR) is 91.5 cm³/mol. The van der Waals surface area contributed by atoms with Crippen LogP contribution in [0.15, 0.2) is 48.5 Å². The molecule has 0 unspecified atom stereocenters. The number of hydrogen-bond acceptors (Lipinski definition) is 4. The average molecular weight is 326 g/mol. The van der Waals surface area contributed by atoms with Crippen molar-refractivity contribution in [1.29, 1.82) is 0 Å². The molecule has 4 heteroatoms. The van der Waals surface area contributed by atoms with Crippen LogP contribution in [0.1, 0.15) is 30.9 Å². The van der Waals surface area contributed by atoms with Gasteiger partial charge in [-0.1, -0.05) is 49.7 Å². The van der Waals surface area contributed by atoms with Crippen molar-refractivity contribution < 1.29 is 19.0 Å². The highest BCUT2D eigenvalue weighted by Crippen LogP contribution is 2.48. The van der Waals surface area contributed by atoms with Gasteiger partial charge in [-0.2, -0.15) is 0 Å². The van der Waals surface area contributed by atoms with Crippen LogP contribution in [0, 0.1) is 0 Å². The Morgan fingerprint density at radius 1 is 1.04 bits per heavy atom. The summed E-state index contributed by atoms with van der Waals surface area (Å²) in [6.07, 6.45) is 1.81. The largest absolute Gasteiger partial charge is 0.465 e. The molecule has 2 aromatic carbocycles. The molecule has 2 aromatic rings. The van der Waals surface area contributed by atoms with Crippen molar-refractivity contribution in [2.45, 2.75) is 25.2 Å². The van der Waals surface area contributed by atoms with E-state index in [-0.39, 0.29) is 12.6 Å². The number of unbranched alkanes of at least 4 members (excludes halogenated alkanes) is 1. The van der Waals surface area contributed by atoms with Gasteiger partial charge in [-0.3, -0.25) is 4.79 Å². The van der Waals surface area contributed by atoms with Gasteiger partial charge in [0.2, 0.25) is 0 Å². The lowest BCUT2D eigenvalue weighted by atomic mass is 9.73. The molecule has 0 aliphatic carbocycles. The standard InChI is InChI=1S/C20H22O4/c1-3-4-13-23-19(21)20(14-22-2)15-9-5-7-11-17(15)24-18-12-8-6-10-16(18)20/h5-12H,3-4,13-14H2,1-2H3. The van der Waals surface area contributed by atoms with E-state index in [1.165, 1.54) is 0 Å². The van der Waals surface area contributed by atoms with Gasteiger partial charge in [0.05, 0.1) is 13.2 Å². The molecule has 0 saturated heterocycles. The number of ether oxygens (including phenoxy) is 3. The molecule has 3 rings (SSSR count). The zero-order valence-corrected chi connectivity index (χ0v) is 14.1. The molecule has 1 aliphatic heterocycles. The molecule has 1 aliphatic rings. The first-order valence-electron chi connectivity index (χ1n) is 8.27. The van der Waals surface area contributed by atoms with Crippen molar-refractivity contribution in [3.05, 3.63) is 59.7 Å². The van der Waals surface area contributed by atoms with Gasteiger partial charge in [-0.05, 0) is 18.6 Å². The first kappa shape index (κ1) is 16.5. The minimum atomic E-state index is -1.01. The number of benzene rings is 2. The number of carbonyl (C=O) groups is 1. The van der Waals surface area contributed by atoms with E-state index in [2.05, 4.69) is 6.92 Å². The summed E-state index contributed by atoms with van der Waals surface area (Å²) < 4.78 is 17.1. The smallest absolute Gasteiger partial charge is 0.323 e. The first-order chi connectivity index (χ1) is 11.7. The fraction of sp³-hybridized carbons (Fsp3) is 0.350. The highest BCUT2D eigenvalue weighted by molar-refractivity contribution is 5.91. The van der Waals surface area contributed by atoms with Crippen molar-refractivity contribution in [3.63, 3.8) is 0 Å². The zero-order valence-electron chi connectivity index (χ0n) is 14.1. The minimum Gasteiger partial charge on any atom is -0.465 e. The third kappa shape index (κ3) is 2.67. The normalized spacial score (nSPS) is 14.2. The third-order valence-corrected chi connectivity index (χ3v) is 4.35. The number of esters is 1. The fourth-order valence-electron chi connectivity index (χ4n) is 3.16. The van der Waals surface area contributed by atoms with Crippen LogP contribution in [0.25, 0.3) is 0 Å². The van der Waals surface area contributed by atoms with Crippen molar-refractivity contribution in [2.24, 2.45) is 0 Å². The first-order valence-corrected chi connectivity index (χ1v) is 8.27. The number of hydrogen-bond donors (Lipinski definition) is 0. The Morgan fingerprint density at radius 2 is 1.62 bits per heavy atom. The Morgan fingerprint density at radius 3 is 2.17 bits per heavy atom. The molecular formula is C20H22O4. The Kier molecular flexibility index (Phi) is 4.86. The molecule has 126 valence electrons. The van der Waals surface area contributed by atoms with Crippen LogP contribution in [-0.2, 0) is 19.7 Å². The molecule has 0 atom stereocenters. The summed E-state index contributed by atoms with van der Waals surface area (Å²) in [6.45, 7) is 2.68. The maximum absolute atomic E-state index is 13.2. The highest BCUT2D eigenvalue weighted by Gasteiger charge is 2.49. The van der Waals surface area contributed by atoms with Crippen molar-refractivity contribution in [2.75, 3.05) is 20.3 Å². The van der Waals surface area contributed by atoms with Gasteiger partial charge >= 0.3 is 5.97 Å². The number of fused-ring (bicyclic) bond motifs is 2. The molecule has 1 heterocycles. The van der Waals surface area contributed by atoms with E-state index in [0.29, 0.717) is 18.1 Å². The third-order valence-electron chi connectivity index (χ3n) is 4.35. The molecule has 0 bridgehead atoms. The molecule has 4 nitrogen and oxygen atoms in total. The van der Waals surface area contributed by atoms with Gasteiger partial charge in [-0.15, -0.1) is 0 Å². The van der Waals surface area contributed by atoms with Gasteiger partial charge < -0.3 is 14.2 Å². The summed E-state index contributed by atoms with van der Waals surface area (Å²) in [4.78, 5) is 13.2. The van der Waals surface area contributed by atoms with Gasteiger partial charge in [0, 0.05) is 18.2 Å². The lowest BCUT2D eigenvalue weighted by Gasteiger charge is -2.37. The van der Waals surface area contributed by atoms with Gasteiger partial charge in [-0.25, -0.2) is 0 Å². The second-order valence-electron chi connectivity index (χ2n) is 5.92. The van der Waals surface area contributed by atoms with E-state index in [0.717, 1.165) is 24.0 Å². The van der Waals surface area contributed by atoms with Crippen LogP contribution in [0.5, 0.6) is 11.5 Å². The van der Waals surface area contributed by atoms with Crippen molar-refractivity contribution >= 4 is 5.97 Å². The number of carbonyl (C=O) groups excluding carboxylic acids is 1. The van der Waals surface area contributed by atoms with Crippen molar-refractivity contribution in [1.82, 2.24) is 0 Å². The molecule has 0 N–H and O–H groups in total. The van der Waals surface area contributed by atoms with Crippen LogP contribution >= 0.6 is 0 Å². The van der Waals surface area contributed by atoms with Gasteiger partial charge in [0.25, 0.3) is 0 Å². The van der Waals surface area contributed by atoms with E-state index < -0.39 is 5.41 Å². The van der Waals surface area contributed by atoms with Gasteiger partial charge in [0.15, 0.2) is 0 Å². The van der Waals surface area contributed by atoms with Crippen LogP contribution in [-0.4, -0.2) is 26.3 Å². The summed E-state index contributed by atoms with van der Waals surface area (Å²) in [5.74, 6) is 1.04. The van der Waals surface area contributed by atoms with E-state index in [1.54, 1.807) is 7.11 Å². The summed E-state index contributed by atoms with van der Waals surface area (Å²) in [6, 6.07) is 15.2. The maximum Gasteiger partial charge on any atom is 0.323 e. The zero-order chi connectivity index (χ0) is 17.0. The second-order valence-corrected chi connectivity index (χ2v) is 5.92. The molecule has 0 spiro atoms. The summed E-state index contributed by atoms with van der Waals surface area (Å²) in [7, 11) is 1.60. The van der Waals surface area contributed by atoms with Crippen LogP contribution in [0.2, 0.25) is 0 Å². The topological polar surface area (TPSA) is 44.8 Å². The Bertz CT molecular complexity index is 678. The Labute approximate surface area is 142 Å². The number of methoxy groups -OCH3 is 1. The molecule has 0 aromatic heterocycles. The molecule has 24 heavy (non-hydrogen) atoms. The Balaban J connectivity index is 2.14. The van der Waals surface area contributed by atoms with E-state index >= 15 is 0 Å². The van der Waals surface area contributed by atoms with Crippen LogP contribution in [0.4, 0.5) is 0 Å². The quantitative estimate of drug-likeness (QED) is 0.593. The summed E-state index contributed by atoms with van der Waals surface area (Å²) in [5.41, 5.74) is 0.563. The molecule has 0 radical (unpaired) electrons. The fourth-order valence-corrected chi connectivity index (χ4v) is 3.16. The van der Waals surface area contributed by atoms with Gasteiger partial charge in [0.1, 0.15) is 16.9 Å². The number of para-hydroxylation sites is 2. The number of rotatable bonds is 6. The maximum atomic E-state index is 13.2. The second kappa shape index (κ2) is 7.05. The SMILES string of the molecule is CCCCOC(=O)C1(COC)c2ccccc2Oc2ccccc21. The van der Waals surface area contributed by atoms with Crippen LogP contribution < -0.4 is 4.74 Å². The molecule has 0 saturated carbocycles. The summed E-state index contributed by atoms with van der Waals surface area (Å²) in [5, 5.41) is 0. The van der Waals surface area contributed by atoms with Crippen molar-refractivity contribution in [3.8, 4) is 11.5 Å².